The maximum absolute atomic E-state index is 11.5. The molecule has 0 saturated carbocycles. The van der Waals surface area contributed by atoms with Crippen LogP contribution < -0.4 is 0 Å². The minimum atomic E-state index is -5.33. The number of ether oxygens (including phenoxy) is 5. The van der Waals surface area contributed by atoms with E-state index in [2.05, 4.69) is 8.37 Å². The van der Waals surface area contributed by atoms with Gasteiger partial charge >= 0.3 is 20.8 Å². The van der Waals surface area contributed by atoms with Crippen LogP contribution in [0.2, 0.25) is 0 Å². The summed E-state index contributed by atoms with van der Waals surface area (Å²) in [5, 5.41) is 61.4. The minimum Gasteiger partial charge on any atom is -0.394 e. The summed E-state index contributed by atoms with van der Waals surface area (Å²) in [7, 11) is -10.5. The fourth-order valence-electron chi connectivity index (χ4n) is 4.57. The van der Waals surface area contributed by atoms with Gasteiger partial charge in [0.25, 0.3) is 0 Å². The first kappa shape index (κ1) is 39.3. The number of hydrogen-bond donors (Lipinski definition) is 10. The molecule has 0 bridgehead atoms. The molecular formula is C18H32O23S4. The first-order chi connectivity index (χ1) is 21.0. The normalized spacial score (nSPS) is 41.6. The molecule has 3 aliphatic heterocycles. The molecule has 0 amide bonds. The molecule has 3 fully saturated rings. The van der Waals surface area contributed by atoms with E-state index in [1.165, 1.54) is 0 Å². The van der Waals surface area contributed by atoms with Crippen LogP contribution in [0.3, 0.4) is 0 Å². The highest BCUT2D eigenvalue weighted by Crippen LogP contribution is 2.31. The zero-order valence-electron chi connectivity index (χ0n) is 22.3. The van der Waals surface area contributed by atoms with Gasteiger partial charge in [-0.3, -0.25) is 17.5 Å². The van der Waals surface area contributed by atoms with Gasteiger partial charge in [-0.05, 0) is 0 Å². The third-order valence-electron chi connectivity index (χ3n) is 6.64. The third kappa shape index (κ3) is 10.7. The Labute approximate surface area is 263 Å². The van der Waals surface area contributed by atoms with Crippen LogP contribution in [0.5, 0.6) is 0 Å². The number of aliphatic hydroxyl groups excluding tert-OH is 6. The summed E-state index contributed by atoms with van der Waals surface area (Å²) in [5.74, 6) is 0. The van der Waals surface area contributed by atoms with Gasteiger partial charge in [-0.25, -0.2) is 8.37 Å². The Kier molecular flexibility index (Phi) is 14.8. The Balaban J connectivity index is 1.76. The van der Waals surface area contributed by atoms with Crippen LogP contribution in [0.15, 0.2) is 0 Å². The molecule has 3 heterocycles. The zero-order valence-corrected chi connectivity index (χ0v) is 25.6. The van der Waals surface area contributed by atoms with E-state index in [-0.39, 0.29) is 24.6 Å². The van der Waals surface area contributed by atoms with Gasteiger partial charge in [0.15, 0.2) is 43.3 Å². The number of rotatable bonds is 15. The monoisotopic (exact) mass is 744 g/mol. The summed E-state index contributed by atoms with van der Waals surface area (Å²) in [6, 6.07) is 0. The molecule has 3 aliphatic rings. The van der Waals surface area contributed by atoms with Crippen molar-refractivity contribution in [3.05, 3.63) is 0 Å². The lowest BCUT2D eigenvalue weighted by molar-refractivity contribution is -0.330. The maximum Gasteiger partial charge on any atom is 0.397 e. The Morgan fingerprint density at radius 3 is 1.73 bits per heavy atom. The molecule has 266 valence electrons. The smallest absolute Gasteiger partial charge is 0.394 e. The van der Waals surface area contributed by atoms with E-state index in [0.717, 1.165) is 0 Å². The van der Waals surface area contributed by atoms with E-state index in [1.54, 1.807) is 0 Å². The van der Waals surface area contributed by atoms with Crippen molar-refractivity contribution in [3.63, 3.8) is 0 Å². The topological polar surface area (TPSA) is 354 Å². The lowest BCUT2D eigenvalue weighted by Gasteiger charge is -2.44. The first-order valence-corrected chi connectivity index (χ1v) is 16.6. The van der Waals surface area contributed by atoms with Crippen molar-refractivity contribution in [1.29, 1.82) is 0 Å². The fourth-order valence-corrected chi connectivity index (χ4v) is 6.24. The first-order valence-electron chi connectivity index (χ1n) is 12.4. The average molecular weight is 745 g/mol. The van der Waals surface area contributed by atoms with Crippen molar-refractivity contribution in [1.82, 2.24) is 0 Å². The Morgan fingerprint density at radius 1 is 0.644 bits per heavy atom. The van der Waals surface area contributed by atoms with Gasteiger partial charge < -0.3 is 63.4 Å². The predicted octanol–water partition coefficient (Wildman–Crippen LogP) is -4.95. The van der Waals surface area contributed by atoms with Gasteiger partial charge in [-0.1, -0.05) is 0 Å². The van der Waals surface area contributed by atoms with Crippen molar-refractivity contribution in [2.45, 2.75) is 85.8 Å². The average Bonchev–Trinajstić information content (AvgIpc) is 2.95. The summed E-state index contributed by atoms with van der Waals surface area (Å²) in [5.41, 5.74) is 0. The second kappa shape index (κ2) is 17.0. The molecule has 23 nitrogen and oxygen atoms in total. The predicted molar refractivity (Wildman–Crippen MR) is 139 cm³/mol. The second-order valence-electron chi connectivity index (χ2n) is 9.58. The molecule has 0 radical (unpaired) electrons. The highest BCUT2D eigenvalue weighted by atomic mass is 32.3. The molecule has 0 unspecified atom stereocenters. The quantitative estimate of drug-likeness (QED) is 0.0554. The fraction of sp³-hybridized carbons (Fsp3) is 1.00. The third-order valence-corrected chi connectivity index (χ3v) is 8.19. The molecule has 0 spiro atoms. The van der Waals surface area contributed by atoms with Gasteiger partial charge in [-0.2, -0.15) is 16.8 Å². The largest absolute Gasteiger partial charge is 0.397 e. The Morgan fingerprint density at radius 2 is 1.16 bits per heavy atom. The SMILES string of the molecule is O=S(=O)(O)O[C@H]1[C@@H](OC[C@H]2OC[C@H](O)[C@@H](OS(=O)(=O)O)[C@@H]2OSO)O[C@H](CO[C@H]2O[C@H](CO)[C@@H](OSO)[C@H](O)[C@H]2O)[C@@H](O)[C@@H]1O. The molecule has 45 heavy (non-hydrogen) atoms. The summed E-state index contributed by atoms with van der Waals surface area (Å²) in [6.45, 7) is -2.98. The van der Waals surface area contributed by atoms with Crippen molar-refractivity contribution in [2.75, 3.05) is 26.4 Å². The molecule has 0 aromatic heterocycles. The maximum atomic E-state index is 11.5. The Hall–Kier alpha value is -0.160. The molecule has 0 aromatic carbocycles. The van der Waals surface area contributed by atoms with E-state index in [0.29, 0.717) is 0 Å². The van der Waals surface area contributed by atoms with E-state index >= 15 is 0 Å². The van der Waals surface area contributed by atoms with Gasteiger partial charge in [0.2, 0.25) is 0 Å². The lowest BCUT2D eigenvalue weighted by Crippen LogP contribution is -2.63. The zero-order chi connectivity index (χ0) is 33.7. The van der Waals surface area contributed by atoms with Crippen molar-refractivity contribution in [3.8, 4) is 0 Å². The highest BCUT2D eigenvalue weighted by Gasteiger charge is 2.51. The van der Waals surface area contributed by atoms with Crippen LogP contribution in [0, 0.1) is 0 Å². The number of hydrogen-bond acceptors (Lipinski definition) is 23. The summed E-state index contributed by atoms with van der Waals surface area (Å²) in [4.78, 5) is 0. The number of aliphatic hydroxyl groups is 6. The molecule has 14 atom stereocenters. The van der Waals surface area contributed by atoms with Gasteiger partial charge in [0.1, 0.15) is 67.1 Å². The van der Waals surface area contributed by atoms with Crippen molar-refractivity contribution < 1.29 is 106 Å². The van der Waals surface area contributed by atoms with E-state index in [1.807, 2.05) is 0 Å². The molecule has 0 aromatic rings. The minimum absolute atomic E-state index is 0.163. The van der Waals surface area contributed by atoms with Crippen LogP contribution in [0.25, 0.3) is 0 Å². The molecule has 3 saturated heterocycles. The molecular weight excluding hydrogens is 712 g/mol. The molecule has 27 heteroatoms. The van der Waals surface area contributed by atoms with Gasteiger partial charge in [0.05, 0.1) is 26.4 Å². The highest BCUT2D eigenvalue weighted by molar-refractivity contribution is 7.89. The van der Waals surface area contributed by atoms with Gasteiger partial charge in [-0.15, -0.1) is 0 Å². The van der Waals surface area contributed by atoms with E-state index < -0.39 is 133 Å². The van der Waals surface area contributed by atoms with Crippen molar-refractivity contribution >= 4 is 45.4 Å². The standard InChI is InChI=1S/C18H32O23S4/c19-1-6-14(38-42-25)11(23)12(24)17(36-6)34-3-7-9(21)10(22)16(41-45(30,31)32)18(37-7)35-4-8-15(39-43-26)13(5(20)2-33-8)40-44(27,28)29/h5-26H,1-4H2,(H,27,28,29)(H,30,31,32)/t5-,6+,7+,8+,9+,10-,11+,12+,13+,14+,15+,16+,17-,18-/m0/s1. The van der Waals surface area contributed by atoms with Crippen molar-refractivity contribution in [2.24, 2.45) is 0 Å². The molecule has 0 aliphatic carbocycles. The van der Waals surface area contributed by atoms with E-state index in [4.69, 9.17) is 45.7 Å². The van der Waals surface area contributed by atoms with Crippen LogP contribution >= 0.6 is 24.6 Å². The van der Waals surface area contributed by atoms with E-state index in [9.17, 15) is 52.0 Å². The second-order valence-corrected chi connectivity index (χ2v) is 12.4. The molecule has 3 rings (SSSR count). The summed E-state index contributed by atoms with van der Waals surface area (Å²) < 4.78 is 127. The van der Waals surface area contributed by atoms with Crippen LogP contribution in [0.4, 0.5) is 0 Å². The van der Waals surface area contributed by atoms with Crippen LogP contribution in [0.1, 0.15) is 0 Å². The summed E-state index contributed by atoms with van der Waals surface area (Å²) >= 11 is -0.471. The van der Waals surface area contributed by atoms with Gasteiger partial charge in [0, 0.05) is 0 Å². The summed E-state index contributed by atoms with van der Waals surface area (Å²) in [6.07, 6.45) is -24.9. The Bertz CT molecular complexity index is 1130. The molecule has 10 N–H and O–H groups in total. The van der Waals surface area contributed by atoms with Crippen LogP contribution in [-0.2, 0) is 61.2 Å². The lowest BCUT2D eigenvalue weighted by atomic mass is 9.98. The van der Waals surface area contributed by atoms with Crippen LogP contribution in [-0.4, -0.2) is 178 Å².